The van der Waals surface area contributed by atoms with Crippen molar-refractivity contribution >= 4 is 15.9 Å². The Morgan fingerprint density at radius 2 is 2.24 bits per heavy atom. The van der Waals surface area contributed by atoms with Crippen molar-refractivity contribution in [1.82, 2.24) is 10.2 Å². The van der Waals surface area contributed by atoms with Gasteiger partial charge in [-0.3, -0.25) is 0 Å². The van der Waals surface area contributed by atoms with Crippen molar-refractivity contribution in [2.75, 3.05) is 20.1 Å². The number of rotatable bonds is 2. The minimum Gasteiger partial charge on any atom is -0.449 e. The van der Waals surface area contributed by atoms with Gasteiger partial charge in [-0.15, -0.1) is 0 Å². The van der Waals surface area contributed by atoms with E-state index in [1.165, 1.54) is 0 Å². The van der Waals surface area contributed by atoms with Gasteiger partial charge in [0.25, 0.3) is 0 Å². The average molecular weight is 354 g/mol. The molecule has 0 bridgehead atoms. The Morgan fingerprint density at radius 3 is 2.90 bits per heavy atom. The van der Waals surface area contributed by atoms with E-state index in [1.807, 2.05) is 6.07 Å². The van der Waals surface area contributed by atoms with Crippen LogP contribution in [0.1, 0.15) is 34.8 Å². The summed E-state index contributed by atoms with van der Waals surface area (Å²) in [5, 5.41) is 23.0. The standard InChI is InChI=1S/C15H20BrN3O2/c1-19-4-2-9(3-5-19)15(20)14-13(16)11-6-10(7-17)21-12(11)8-18-14/h6,9,13-15,18,20H,2-5,8H2,1H3/t13?,14?,15-/m0/s1. The number of aliphatic hydroxyl groups is 1. The number of hydrogen-bond donors (Lipinski definition) is 2. The number of furan rings is 1. The van der Waals surface area contributed by atoms with Crippen LogP contribution in [0.25, 0.3) is 0 Å². The summed E-state index contributed by atoms with van der Waals surface area (Å²) in [6, 6.07) is 3.77. The molecule has 2 N–H and O–H groups in total. The lowest BCUT2D eigenvalue weighted by Gasteiger charge is -2.39. The Bertz CT molecular complexity index is 546. The van der Waals surface area contributed by atoms with Gasteiger partial charge in [-0.25, -0.2) is 0 Å². The maximum atomic E-state index is 10.7. The molecule has 2 aliphatic heterocycles. The third-order valence-corrected chi connectivity index (χ3v) is 5.74. The van der Waals surface area contributed by atoms with Crippen LogP contribution in [-0.4, -0.2) is 42.3 Å². The predicted octanol–water partition coefficient (Wildman–Crippen LogP) is 1.76. The molecule has 3 rings (SSSR count). The number of piperidine rings is 1. The van der Waals surface area contributed by atoms with Crippen LogP contribution >= 0.6 is 15.9 Å². The monoisotopic (exact) mass is 353 g/mol. The molecule has 6 heteroatoms. The van der Waals surface area contributed by atoms with Crippen LogP contribution in [-0.2, 0) is 6.54 Å². The number of halogens is 1. The summed E-state index contributed by atoms with van der Waals surface area (Å²) in [7, 11) is 2.12. The van der Waals surface area contributed by atoms with Gasteiger partial charge < -0.3 is 19.7 Å². The molecule has 2 unspecified atom stereocenters. The largest absolute Gasteiger partial charge is 0.449 e. The number of nitrogens with one attached hydrogen (secondary N) is 1. The van der Waals surface area contributed by atoms with E-state index in [0.29, 0.717) is 18.2 Å². The lowest BCUT2D eigenvalue weighted by atomic mass is 9.84. The fourth-order valence-corrected chi connectivity index (χ4v) is 4.22. The molecule has 0 aromatic carbocycles. The fourth-order valence-electron chi connectivity index (χ4n) is 3.33. The molecule has 3 heterocycles. The number of likely N-dealkylation sites (tertiary alicyclic amines) is 1. The van der Waals surface area contributed by atoms with Gasteiger partial charge in [0.2, 0.25) is 5.76 Å². The summed E-state index contributed by atoms with van der Waals surface area (Å²) in [5.41, 5.74) is 0.988. The summed E-state index contributed by atoms with van der Waals surface area (Å²) < 4.78 is 5.47. The number of nitriles is 1. The highest BCUT2D eigenvalue weighted by atomic mass is 79.9. The summed E-state index contributed by atoms with van der Waals surface area (Å²) >= 11 is 3.67. The molecule has 1 aromatic rings. The van der Waals surface area contributed by atoms with Crippen molar-refractivity contribution in [1.29, 1.82) is 5.26 Å². The molecular formula is C15H20BrN3O2. The van der Waals surface area contributed by atoms with Crippen molar-refractivity contribution in [3.63, 3.8) is 0 Å². The second-order valence-corrected chi connectivity index (χ2v) is 7.03. The van der Waals surface area contributed by atoms with E-state index in [1.54, 1.807) is 6.07 Å². The Kier molecular flexibility index (Phi) is 4.36. The zero-order valence-corrected chi connectivity index (χ0v) is 13.6. The van der Waals surface area contributed by atoms with Gasteiger partial charge in [0.1, 0.15) is 11.8 Å². The first-order valence-corrected chi connectivity index (χ1v) is 8.28. The van der Waals surface area contributed by atoms with E-state index < -0.39 is 6.10 Å². The number of fused-ring (bicyclic) bond motifs is 1. The van der Waals surface area contributed by atoms with Crippen LogP contribution in [0.3, 0.4) is 0 Å². The molecule has 21 heavy (non-hydrogen) atoms. The smallest absolute Gasteiger partial charge is 0.204 e. The Hall–Kier alpha value is -0.870. The molecule has 3 atom stereocenters. The van der Waals surface area contributed by atoms with E-state index in [-0.39, 0.29) is 10.9 Å². The first kappa shape index (κ1) is 15.0. The van der Waals surface area contributed by atoms with E-state index >= 15 is 0 Å². The summed E-state index contributed by atoms with van der Waals surface area (Å²) in [6.45, 7) is 2.64. The van der Waals surface area contributed by atoms with Crippen molar-refractivity contribution in [2.24, 2.45) is 5.92 Å². The van der Waals surface area contributed by atoms with Crippen molar-refractivity contribution < 1.29 is 9.52 Å². The van der Waals surface area contributed by atoms with Crippen LogP contribution in [0.4, 0.5) is 0 Å². The summed E-state index contributed by atoms with van der Waals surface area (Å²) in [5.74, 6) is 1.45. The molecule has 1 fully saturated rings. The summed E-state index contributed by atoms with van der Waals surface area (Å²) in [4.78, 5) is 2.28. The molecule has 2 aliphatic rings. The van der Waals surface area contributed by atoms with E-state index in [4.69, 9.17) is 9.68 Å². The average Bonchev–Trinajstić information content (AvgIpc) is 2.92. The minimum atomic E-state index is -0.392. The maximum Gasteiger partial charge on any atom is 0.204 e. The SMILES string of the molecule is CN1CCC([C@H](O)C2NCc3oc(C#N)cc3C2Br)CC1. The first-order chi connectivity index (χ1) is 10.1. The number of nitrogens with zero attached hydrogens (tertiary/aromatic N) is 2. The molecule has 114 valence electrons. The van der Waals surface area contributed by atoms with Gasteiger partial charge in [0, 0.05) is 5.56 Å². The molecule has 0 amide bonds. The molecule has 0 aliphatic carbocycles. The maximum absolute atomic E-state index is 10.7. The molecule has 0 radical (unpaired) electrons. The van der Waals surface area contributed by atoms with Gasteiger partial charge in [0.05, 0.1) is 23.5 Å². The van der Waals surface area contributed by atoms with E-state index in [9.17, 15) is 5.11 Å². The van der Waals surface area contributed by atoms with Crippen molar-refractivity contribution in [2.45, 2.75) is 36.4 Å². The number of hydrogen-bond acceptors (Lipinski definition) is 5. The lowest BCUT2D eigenvalue weighted by molar-refractivity contribution is 0.0332. The molecule has 0 saturated carbocycles. The van der Waals surface area contributed by atoms with Gasteiger partial charge in [-0.2, -0.15) is 5.26 Å². The van der Waals surface area contributed by atoms with Crippen LogP contribution in [0, 0.1) is 17.2 Å². The number of aliphatic hydroxyl groups excluding tert-OH is 1. The zero-order valence-electron chi connectivity index (χ0n) is 12.1. The molecule has 1 aromatic heterocycles. The summed E-state index contributed by atoms with van der Waals surface area (Å²) in [6.07, 6.45) is 1.66. The normalized spacial score (nSPS) is 28.9. The van der Waals surface area contributed by atoms with Gasteiger partial charge >= 0.3 is 0 Å². The van der Waals surface area contributed by atoms with Crippen LogP contribution < -0.4 is 5.32 Å². The Morgan fingerprint density at radius 1 is 1.52 bits per heavy atom. The highest BCUT2D eigenvalue weighted by Gasteiger charge is 2.38. The fraction of sp³-hybridized carbons (Fsp3) is 0.667. The topological polar surface area (TPSA) is 72.4 Å². The minimum absolute atomic E-state index is 0.0262. The second kappa shape index (κ2) is 6.09. The van der Waals surface area contributed by atoms with Crippen LogP contribution in [0.15, 0.2) is 10.5 Å². The Balaban J connectivity index is 1.73. The highest BCUT2D eigenvalue weighted by molar-refractivity contribution is 9.09. The first-order valence-electron chi connectivity index (χ1n) is 7.37. The number of alkyl halides is 1. The van der Waals surface area contributed by atoms with Crippen LogP contribution in [0.2, 0.25) is 0 Å². The zero-order chi connectivity index (χ0) is 15.0. The van der Waals surface area contributed by atoms with Crippen LogP contribution in [0.5, 0.6) is 0 Å². The third-order valence-electron chi connectivity index (χ3n) is 4.68. The Labute approximate surface area is 133 Å². The van der Waals surface area contributed by atoms with Gasteiger partial charge in [-0.1, -0.05) is 15.9 Å². The van der Waals surface area contributed by atoms with Gasteiger partial charge in [0.15, 0.2) is 0 Å². The molecule has 0 spiro atoms. The quantitative estimate of drug-likeness (QED) is 0.792. The molecule has 1 saturated heterocycles. The van der Waals surface area contributed by atoms with E-state index in [0.717, 1.165) is 37.3 Å². The van der Waals surface area contributed by atoms with E-state index in [2.05, 4.69) is 33.2 Å². The highest BCUT2D eigenvalue weighted by Crippen LogP contribution is 2.38. The lowest BCUT2D eigenvalue weighted by Crippen LogP contribution is -2.50. The molecule has 5 nitrogen and oxygen atoms in total. The molecular weight excluding hydrogens is 334 g/mol. The van der Waals surface area contributed by atoms with Gasteiger partial charge in [-0.05, 0) is 45.0 Å². The predicted molar refractivity (Wildman–Crippen MR) is 81.9 cm³/mol. The van der Waals surface area contributed by atoms with Crippen molar-refractivity contribution in [3.8, 4) is 6.07 Å². The second-order valence-electron chi connectivity index (χ2n) is 6.04. The van der Waals surface area contributed by atoms with Crippen molar-refractivity contribution in [3.05, 3.63) is 23.2 Å². The third kappa shape index (κ3) is 2.88.